The molecule has 1 aromatic rings. The molecule has 1 aromatic carbocycles. The van der Waals surface area contributed by atoms with Crippen molar-refractivity contribution in [2.45, 2.75) is 39.7 Å². The smallest absolute Gasteiger partial charge is 0.136 e. The standard InChI is InChI=1S/C14H19NO/c1-10-6-11(2)8-13(7-10)15-5-4-14(16)9-12(15)3/h6-8,12H,4-5,9H2,1-3H3. The number of nitrogens with zero attached hydrogens (tertiary/aromatic N) is 1. The molecule has 2 heteroatoms. The topological polar surface area (TPSA) is 20.3 Å². The van der Waals surface area contributed by atoms with E-state index in [1.54, 1.807) is 0 Å². The van der Waals surface area contributed by atoms with Gasteiger partial charge in [-0.05, 0) is 44.0 Å². The van der Waals surface area contributed by atoms with Gasteiger partial charge in [-0.15, -0.1) is 0 Å². The summed E-state index contributed by atoms with van der Waals surface area (Å²) < 4.78 is 0. The summed E-state index contributed by atoms with van der Waals surface area (Å²) in [6.45, 7) is 7.24. The van der Waals surface area contributed by atoms with Gasteiger partial charge in [0.15, 0.2) is 0 Å². The number of benzene rings is 1. The van der Waals surface area contributed by atoms with Gasteiger partial charge >= 0.3 is 0 Å². The number of carbonyl (C=O) groups excluding carboxylic acids is 1. The summed E-state index contributed by atoms with van der Waals surface area (Å²) in [6, 6.07) is 6.93. The first-order chi connectivity index (χ1) is 7.56. The maximum absolute atomic E-state index is 11.4. The van der Waals surface area contributed by atoms with E-state index in [0.717, 1.165) is 6.54 Å². The Morgan fingerprint density at radius 1 is 1.19 bits per heavy atom. The molecule has 0 aliphatic carbocycles. The van der Waals surface area contributed by atoms with Crippen LogP contribution in [-0.4, -0.2) is 18.4 Å². The van der Waals surface area contributed by atoms with Gasteiger partial charge in [-0.25, -0.2) is 0 Å². The fourth-order valence-electron chi connectivity index (χ4n) is 2.51. The second-order valence-corrected chi connectivity index (χ2v) is 4.88. The third-order valence-electron chi connectivity index (χ3n) is 3.22. The molecule has 16 heavy (non-hydrogen) atoms. The highest BCUT2D eigenvalue weighted by Gasteiger charge is 2.23. The zero-order chi connectivity index (χ0) is 11.7. The van der Waals surface area contributed by atoms with Crippen LogP contribution in [0.3, 0.4) is 0 Å². The lowest BCUT2D eigenvalue weighted by Gasteiger charge is -2.35. The fourth-order valence-corrected chi connectivity index (χ4v) is 2.51. The monoisotopic (exact) mass is 217 g/mol. The van der Waals surface area contributed by atoms with E-state index < -0.39 is 0 Å². The number of ketones is 1. The van der Waals surface area contributed by atoms with Crippen LogP contribution in [0.4, 0.5) is 5.69 Å². The van der Waals surface area contributed by atoms with E-state index in [-0.39, 0.29) is 0 Å². The van der Waals surface area contributed by atoms with Crippen LogP contribution in [0, 0.1) is 13.8 Å². The predicted molar refractivity (Wildman–Crippen MR) is 67.0 cm³/mol. The molecule has 1 fully saturated rings. The summed E-state index contributed by atoms with van der Waals surface area (Å²) in [6.07, 6.45) is 1.38. The van der Waals surface area contributed by atoms with Gasteiger partial charge in [0.05, 0.1) is 0 Å². The Hall–Kier alpha value is -1.31. The summed E-state index contributed by atoms with van der Waals surface area (Å²) >= 11 is 0. The lowest BCUT2D eigenvalue weighted by Crippen LogP contribution is -2.41. The van der Waals surface area contributed by atoms with Crippen molar-refractivity contribution < 1.29 is 4.79 Å². The Bertz CT molecular complexity index is 391. The van der Waals surface area contributed by atoms with Gasteiger partial charge < -0.3 is 4.90 Å². The van der Waals surface area contributed by atoms with Crippen molar-refractivity contribution in [3.8, 4) is 0 Å². The average molecular weight is 217 g/mol. The van der Waals surface area contributed by atoms with Gasteiger partial charge in [-0.1, -0.05) is 6.07 Å². The number of anilines is 1. The van der Waals surface area contributed by atoms with Gasteiger partial charge in [-0.3, -0.25) is 4.79 Å². The first-order valence-electron chi connectivity index (χ1n) is 5.93. The first kappa shape index (κ1) is 11.2. The minimum atomic E-state index is 0.336. The minimum Gasteiger partial charge on any atom is -0.368 e. The number of hydrogen-bond acceptors (Lipinski definition) is 2. The van der Waals surface area contributed by atoms with Crippen molar-refractivity contribution in [1.82, 2.24) is 0 Å². The summed E-state index contributed by atoms with van der Waals surface area (Å²) in [5.74, 6) is 0.396. The Labute approximate surface area is 97.3 Å². The molecule has 86 valence electrons. The van der Waals surface area contributed by atoms with Gasteiger partial charge in [0.1, 0.15) is 5.78 Å². The summed E-state index contributed by atoms with van der Waals surface area (Å²) in [4.78, 5) is 13.7. The number of hydrogen-bond donors (Lipinski definition) is 0. The summed E-state index contributed by atoms with van der Waals surface area (Å²) in [5, 5.41) is 0. The van der Waals surface area contributed by atoms with Crippen LogP contribution in [0.1, 0.15) is 30.9 Å². The fraction of sp³-hybridized carbons (Fsp3) is 0.500. The van der Waals surface area contributed by atoms with Crippen LogP contribution in [-0.2, 0) is 4.79 Å². The van der Waals surface area contributed by atoms with E-state index in [4.69, 9.17) is 0 Å². The molecule has 0 N–H and O–H groups in total. The second-order valence-electron chi connectivity index (χ2n) is 4.88. The lowest BCUT2D eigenvalue weighted by atomic mass is 10.0. The Balaban J connectivity index is 2.26. The van der Waals surface area contributed by atoms with Crippen LogP contribution < -0.4 is 4.90 Å². The molecule has 1 heterocycles. The molecule has 2 rings (SSSR count). The lowest BCUT2D eigenvalue weighted by molar-refractivity contribution is -0.120. The van der Waals surface area contributed by atoms with Crippen LogP contribution >= 0.6 is 0 Å². The number of Topliss-reactive ketones (excluding diaryl/α,β-unsaturated/α-hetero) is 1. The quantitative estimate of drug-likeness (QED) is 0.721. The molecule has 1 saturated heterocycles. The normalized spacial score (nSPS) is 21.3. The van der Waals surface area contributed by atoms with Gasteiger partial charge in [0.25, 0.3) is 0 Å². The zero-order valence-electron chi connectivity index (χ0n) is 10.3. The minimum absolute atomic E-state index is 0.336. The molecule has 0 radical (unpaired) electrons. The van der Waals surface area contributed by atoms with E-state index >= 15 is 0 Å². The second kappa shape index (κ2) is 4.28. The molecule has 1 unspecified atom stereocenters. The Morgan fingerprint density at radius 2 is 1.81 bits per heavy atom. The predicted octanol–water partition coefficient (Wildman–Crippen LogP) is 2.86. The molecule has 1 atom stereocenters. The summed E-state index contributed by atoms with van der Waals surface area (Å²) in [7, 11) is 0. The van der Waals surface area contributed by atoms with E-state index in [0.29, 0.717) is 24.7 Å². The SMILES string of the molecule is Cc1cc(C)cc(N2CCC(=O)CC2C)c1. The Morgan fingerprint density at radius 3 is 2.38 bits per heavy atom. The van der Waals surface area contributed by atoms with Crippen molar-refractivity contribution in [2.75, 3.05) is 11.4 Å². The Kier molecular flexibility index (Phi) is 2.99. The maximum Gasteiger partial charge on any atom is 0.136 e. The van der Waals surface area contributed by atoms with E-state index in [1.165, 1.54) is 16.8 Å². The van der Waals surface area contributed by atoms with Crippen molar-refractivity contribution in [2.24, 2.45) is 0 Å². The number of aryl methyl sites for hydroxylation is 2. The van der Waals surface area contributed by atoms with Crippen molar-refractivity contribution >= 4 is 11.5 Å². The number of piperidine rings is 1. The van der Waals surface area contributed by atoms with Crippen LogP contribution in [0.5, 0.6) is 0 Å². The van der Waals surface area contributed by atoms with Gasteiger partial charge in [-0.2, -0.15) is 0 Å². The molecular formula is C14H19NO. The first-order valence-corrected chi connectivity index (χ1v) is 5.93. The zero-order valence-corrected chi connectivity index (χ0v) is 10.3. The van der Waals surface area contributed by atoms with Crippen molar-refractivity contribution in [3.63, 3.8) is 0 Å². The molecule has 0 saturated carbocycles. The van der Waals surface area contributed by atoms with E-state index in [2.05, 4.69) is 43.9 Å². The van der Waals surface area contributed by atoms with Crippen molar-refractivity contribution in [1.29, 1.82) is 0 Å². The largest absolute Gasteiger partial charge is 0.368 e. The van der Waals surface area contributed by atoms with Gasteiger partial charge in [0, 0.05) is 31.1 Å². The van der Waals surface area contributed by atoms with Crippen LogP contribution in [0.25, 0.3) is 0 Å². The summed E-state index contributed by atoms with van der Waals surface area (Å²) in [5.41, 5.74) is 3.84. The molecule has 0 spiro atoms. The third-order valence-corrected chi connectivity index (χ3v) is 3.22. The average Bonchev–Trinajstić information content (AvgIpc) is 2.15. The highest BCUT2D eigenvalue weighted by molar-refractivity contribution is 5.81. The molecule has 0 bridgehead atoms. The van der Waals surface area contributed by atoms with Crippen LogP contribution in [0.15, 0.2) is 18.2 Å². The molecule has 0 amide bonds. The maximum atomic E-state index is 11.4. The number of carbonyl (C=O) groups is 1. The van der Waals surface area contributed by atoms with Gasteiger partial charge in [0.2, 0.25) is 0 Å². The third kappa shape index (κ3) is 2.26. The molecular weight excluding hydrogens is 198 g/mol. The number of rotatable bonds is 1. The molecule has 1 aliphatic rings. The van der Waals surface area contributed by atoms with E-state index in [1.807, 2.05) is 0 Å². The highest BCUT2D eigenvalue weighted by Crippen LogP contribution is 2.25. The molecule has 0 aromatic heterocycles. The van der Waals surface area contributed by atoms with Crippen molar-refractivity contribution in [3.05, 3.63) is 29.3 Å². The highest BCUT2D eigenvalue weighted by atomic mass is 16.1. The van der Waals surface area contributed by atoms with E-state index in [9.17, 15) is 4.79 Å². The molecule has 2 nitrogen and oxygen atoms in total. The van der Waals surface area contributed by atoms with Crippen LogP contribution in [0.2, 0.25) is 0 Å². The molecule has 1 aliphatic heterocycles.